The van der Waals surface area contributed by atoms with Gasteiger partial charge < -0.3 is 0 Å². The first-order chi connectivity index (χ1) is 15.3. The molecule has 0 aliphatic carbocycles. The molecule has 4 rings (SSSR count). The first-order valence-corrected chi connectivity index (χ1v) is 9.21. The summed E-state index contributed by atoms with van der Waals surface area (Å²) in [6.07, 6.45) is -0.598. The van der Waals surface area contributed by atoms with Gasteiger partial charge in [0.15, 0.2) is 0 Å². The molecule has 0 bridgehead atoms. The van der Waals surface area contributed by atoms with Gasteiger partial charge in [-0.25, -0.2) is 0 Å². The normalized spacial score (nSPS) is 15.3. The van der Waals surface area contributed by atoms with Crippen LogP contribution in [0.4, 0.5) is 0 Å². The van der Waals surface area contributed by atoms with Gasteiger partial charge in [-0.15, -0.1) is 0 Å². The molecule has 0 unspecified atom stereocenters. The molecule has 4 aromatic rings. The monoisotopic (exact) mass is 369 g/mol. The molecule has 1 aromatic heterocycles. The van der Waals surface area contributed by atoms with Crippen LogP contribution in [0.2, 0.25) is 0 Å². The Labute approximate surface area is 173 Å². The minimum absolute atomic E-state index is 0.0681. The van der Waals surface area contributed by atoms with Crippen LogP contribution in [-0.2, 0) is 6.37 Å². The van der Waals surface area contributed by atoms with E-state index in [0.29, 0.717) is 11.3 Å². The number of nitriles is 1. The van der Waals surface area contributed by atoms with Crippen molar-refractivity contribution in [1.29, 1.82) is 5.26 Å². The van der Waals surface area contributed by atoms with E-state index in [1.807, 2.05) is 42.5 Å². The second-order valence-corrected chi connectivity index (χ2v) is 8.04. The molecule has 0 spiro atoms. The van der Waals surface area contributed by atoms with E-state index in [1.165, 1.54) is 6.20 Å². The van der Waals surface area contributed by atoms with E-state index in [-0.39, 0.29) is 11.1 Å². The molecule has 0 aliphatic rings. The Morgan fingerprint density at radius 2 is 1.79 bits per heavy atom. The molecule has 0 saturated carbocycles. The average Bonchev–Trinajstić information content (AvgIpc) is 2.76. The summed E-state index contributed by atoms with van der Waals surface area (Å²) in [5, 5.41) is 13.2. The lowest BCUT2D eigenvalue weighted by Gasteiger charge is -2.20. The van der Waals surface area contributed by atoms with Gasteiger partial charge in [0.05, 0.1) is 17.3 Å². The Bertz CT molecular complexity index is 1420. The molecule has 2 heteroatoms. The van der Waals surface area contributed by atoms with Crippen molar-refractivity contribution in [1.82, 2.24) is 4.98 Å². The van der Waals surface area contributed by atoms with Gasteiger partial charge in [-0.2, -0.15) is 5.26 Å². The van der Waals surface area contributed by atoms with Crippen LogP contribution < -0.4 is 0 Å². The smallest absolute Gasteiger partial charge is 0.0991 e. The maximum absolute atomic E-state index is 9.20. The van der Waals surface area contributed by atoms with Crippen molar-refractivity contribution in [3.8, 4) is 17.3 Å². The molecular formula is C26H24N2. The zero-order chi connectivity index (χ0) is 24.2. The minimum Gasteiger partial charge on any atom is -0.256 e. The third-order valence-corrected chi connectivity index (χ3v) is 4.68. The van der Waals surface area contributed by atoms with Crippen molar-refractivity contribution < 1.29 is 6.85 Å². The van der Waals surface area contributed by atoms with E-state index in [0.717, 1.165) is 27.1 Å². The predicted molar refractivity (Wildman–Crippen MR) is 117 cm³/mol. The van der Waals surface area contributed by atoms with Gasteiger partial charge in [0.2, 0.25) is 0 Å². The van der Waals surface area contributed by atoms with Crippen LogP contribution >= 0.6 is 0 Å². The topological polar surface area (TPSA) is 36.7 Å². The van der Waals surface area contributed by atoms with E-state index in [1.54, 1.807) is 32.9 Å². The molecular weight excluding hydrogens is 340 g/mol. The van der Waals surface area contributed by atoms with Crippen LogP contribution in [0.5, 0.6) is 0 Å². The standard InChI is InChI=1S/C26H24N2/c1-17-16-28-25(13-22(17)14-26(2,3)4)21-9-7-19-6-8-20-11-18(15-27)5-10-23(20)24(19)12-21/h5-13,16H,14H2,1-4H3/i1D3,14D2. The van der Waals surface area contributed by atoms with Gasteiger partial charge in [0.25, 0.3) is 0 Å². The minimum atomic E-state index is -2.47. The van der Waals surface area contributed by atoms with E-state index in [4.69, 9.17) is 6.85 Å². The number of hydrogen-bond acceptors (Lipinski definition) is 2. The highest BCUT2D eigenvalue weighted by Gasteiger charge is 2.14. The molecule has 0 amide bonds. The quantitative estimate of drug-likeness (QED) is 0.363. The summed E-state index contributed by atoms with van der Waals surface area (Å²) in [4.78, 5) is 4.42. The van der Waals surface area contributed by atoms with Crippen LogP contribution in [0.15, 0.2) is 60.8 Å². The Balaban J connectivity index is 1.95. The average molecular weight is 370 g/mol. The molecule has 3 aromatic carbocycles. The highest BCUT2D eigenvalue weighted by Crippen LogP contribution is 2.31. The zero-order valence-corrected chi connectivity index (χ0v) is 16.2. The number of hydrogen-bond donors (Lipinski definition) is 0. The number of rotatable bonds is 2. The van der Waals surface area contributed by atoms with E-state index < -0.39 is 18.6 Å². The molecule has 0 saturated heterocycles. The molecule has 0 radical (unpaired) electrons. The van der Waals surface area contributed by atoms with Crippen LogP contribution in [-0.4, -0.2) is 4.98 Å². The Hall–Kier alpha value is -3.18. The van der Waals surface area contributed by atoms with Crippen LogP contribution in [0.25, 0.3) is 32.8 Å². The van der Waals surface area contributed by atoms with Crippen LogP contribution in [0.1, 0.15) is 44.3 Å². The third-order valence-electron chi connectivity index (χ3n) is 4.68. The van der Waals surface area contributed by atoms with Gasteiger partial charge in [-0.3, -0.25) is 4.98 Å². The number of fused-ring (bicyclic) bond motifs is 3. The predicted octanol–water partition coefficient (Wildman–Crippen LogP) is 6.82. The fourth-order valence-electron chi connectivity index (χ4n) is 3.41. The Morgan fingerprint density at radius 3 is 2.54 bits per heavy atom. The fraction of sp³-hybridized carbons (Fsp3) is 0.231. The van der Waals surface area contributed by atoms with Crippen molar-refractivity contribution in [2.24, 2.45) is 5.41 Å². The molecule has 2 nitrogen and oxygen atoms in total. The molecule has 28 heavy (non-hydrogen) atoms. The Kier molecular flexibility index (Phi) is 3.16. The lowest BCUT2D eigenvalue weighted by Crippen LogP contribution is -2.10. The second-order valence-electron chi connectivity index (χ2n) is 8.04. The number of aryl methyl sites for hydroxylation is 1. The van der Waals surface area contributed by atoms with Crippen molar-refractivity contribution in [3.05, 3.63) is 77.5 Å². The Morgan fingerprint density at radius 1 is 1.00 bits per heavy atom. The van der Waals surface area contributed by atoms with Crippen molar-refractivity contribution >= 4 is 21.5 Å². The van der Waals surface area contributed by atoms with Gasteiger partial charge in [-0.05, 0) is 75.6 Å². The second kappa shape index (κ2) is 6.77. The number of pyridine rings is 1. The largest absolute Gasteiger partial charge is 0.256 e. The molecule has 0 fully saturated rings. The van der Waals surface area contributed by atoms with Gasteiger partial charge >= 0.3 is 0 Å². The summed E-state index contributed by atoms with van der Waals surface area (Å²) in [5.41, 5.74) is 1.12. The zero-order valence-electron chi connectivity index (χ0n) is 21.2. The summed E-state index contributed by atoms with van der Waals surface area (Å²) >= 11 is 0. The van der Waals surface area contributed by atoms with Crippen LogP contribution in [0.3, 0.4) is 0 Å². The highest BCUT2D eigenvalue weighted by atomic mass is 14.7. The summed E-state index contributed by atoms with van der Waals surface area (Å²) < 4.78 is 41.2. The van der Waals surface area contributed by atoms with E-state index >= 15 is 0 Å². The van der Waals surface area contributed by atoms with E-state index in [2.05, 4.69) is 11.1 Å². The maximum atomic E-state index is 9.20. The van der Waals surface area contributed by atoms with Gasteiger partial charge in [0.1, 0.15) is 0 Å². The molecule has 0 aliphatic heterocycles. The number of nitrogens with zero attached hydrogens (tertiary/aromatic N) is 2. The first-order valence-electron chi connectivity index (χ1n) is 11.7. The molecule has 138 valence electrons. The first kappa shape index (κ1) is 13.1. The van der Waals surface area contributed by atoms with Crippen molar-refractivity contribution in [3.63, 3.8) is 0 Å². The van der Waals surface area contributed by atoms with Gasteiger partial charge in [-0.1, -0.05) is 51.1 Å². The maximum Gasteiger partial charge on any atom is 0.0991 e. The lowest BCUT2D eigenvalue weighted by molar-refractivity contribution is 0.410. The van der Waals surface area contributed by atoms with Crippen LogP contribution in [0, 0.1) is 23.6 Å². The van der Waals surface area contributed by atoms with Crippen molar-refractivity contribution in [2.75, 3.05) is 0 Å². The number of aromatic nitrogens is 1. The molecule has 0 N–H and O–H groups in total. The third kappa shape index (κ3) is 3.49. The molecule has 1 heterocycles. The SMILES string of the molecule is [2H]C([2H])([2H])c1cnc(-c2ccc3ccc4cc(C#N)ccc4c3c2)cc1C([2H])([2H])C(C)(C)C. The number of benzene rings is 3. The highest BCUT2D eigenvalue weighted by molar-refractivity contribution is 6.08. The van der Waals surface area contributed by atoms with Gasteiger partial charge in [0, 0.05) is 18.6 Å². The summed E-state index contributed by atoms with van der Waals surface area (Å²) in [7, 11) is 0. The summed E-state index contributed by atoms with van der Waals surface area (Å²) in [6.45, 7) is 2.80. The molecule has 0 atom stereocenters. The summed E-state index contributed by atoms with van der Waals surface area (Å²) in [6, 6.07) is 19.1. The fourth-order valence-corrected chi connectivity index (χ4v) is 3.41. The summed E-state index contributed by atoms with van der Waals surface area (Å²) in [5.74, 6) is 0. The van der Waals surface area contributed by atoms with E-state index in [9.17, 15) is 5.26 Å². The van der Waals surface area contributed by atoms with Crippen molar-refractivity contribution in [2.45, 2.75) is 34.0 Å². The lowest BCUT2D eigenvalue weighted by atomic mass is 9.86.